The van der Waals surface area contributed by atoms with Crippen molar-refractivity contribution in [2.24, 2.45) is 4.99 Å². The minimum Gasteiger partial charge on any atom is -0.497 e. The highest BCUT2D eigenvalue weighted by Gasteiger charge is 2.24. The van der Waals surface area contributed by atoms with E-state index in [0.29, 0.717) is 6.04 Å². The molecule has 0 aliphatic carbocycles. The molecule has 1 aromatic heterocycles. The van der Waals surface area contributed by atoms with Crippen LogP contribution in [0.1, 0.15) is 24.4 Å². The molecule has 0 spiro atoms. The highest BCUT2D eigenvalue weighted by molar-refractivity contribution is 5.79. The molecule has 27 heavy (non-hydrogen) atoms. The number of nitrogens with zero attached hydrogens (tertiary/aromatic N) is 3. The van der Waals surface area contributed by atoms with Gasteiger partial charge in [0.1, 0.15) is 5.75 Å². The van der Waals surface area contributed by atoms with Gasteiger partial charge in [0, 0.05) is 39.1 Å². The van der Waals surface area contributed by atoms with Crippen LogP contribution in [0.4, 0.5) is 0 Å². The van der Waals surface area contributed by atoms with Gasteiger partial charge < -0.3 is 19.9 Å². The van der Waals surface area contributed by atoms with Gasteiger partial charge in [-0.25, -0.2) is 0 Å². The lowest BCUT2D eigenvalue weighted by Gasteiger charge is -2.29. The van der Waals surface area contributed by atoms with Gasteiger partial charge in [0.15, 0.2) is 5.96 Å². The minimum absolute atomic E-state index is 0.311. The molecule has 2 aromatic rings. The summed E-state index contributed by atoms with van der Waals surface area (Å²) in [4.78, 5) is 6.93. The molecule has 2 N–H and O–H groups in total. The second-order valence-corrected chi connectivity index (χ2v) is 6.84. The Kier molecular flexibility index (Phi) is 7.16. The van der Waals surface area contributed by atoms with E-state index in [2.05, 4.69) is 55.7 Å². The fourth-order valence-electron chi connectivity index (χ4n) is 3.60. The van der Waals surface area contributed by atoms with E-state index < -0.39 is 0 Å². The summed E-state index contributed by atoms with van der Waals surface area (Å²) in [5, 5.41) is 6.91. The summed E-state index contributed by atoms with van der Waals surface area (Å²) >= 11 is 0. The predicted octanol–water partition coefficient (Wildman–Crippen LogP) is 2.50. The molecule has 1 aromatic carbocycles. The van der Waals surface area contributed by atoms with E-state index in [1.54, 1.807) is 7.11 Å². The zero-order valence-electron chi connectivity index (χ0n) is 16.4. The molecule has 1 atom stereocenters. The average molecular weight is 370 g/mol. The van der Waals surface area contributed by atoms with Gasteiger partial charge >= 0.3 is 0 Å². The number of aromatic nitrogens is 1. The normalized spacial score (nSPS) is 16.3. The smallest absolute Gasteiger partial charge is 0.191 e. The second kappa shape index (κ2) is 10.0. The van der Waals surface area contributed by atoms with Crippen LogP contribution in [0, 0.1) is 0 Å². The Morgan fingerprint density at radius 1 is 1.15 bits per heavy atom. The van der Waals surface area contributed by atoms with Crippen molar-refractivity contribution in [3.63, 3.8) is 0 Å². The van der Waals surface area contributed by atoms with Crippen LogP contribution in [0.3, 0.4) is 0 Å². The largest absolute Gasteiger partial charge is 0.497 e. The molecule has 0 saturated carbocycles. The summed E-state index contributed by atoms with van der Waals surface area (Å²) in [5.74, 6) is 1.75. The average Bonchev–Trinajstić information content (AvgIpc) is 3.41. The van der Waals surface area contributed by atoms with Crippen molar-refractivity contribution < 1.29 is 4.74 Å². The zero-order valence-corrected chi connectivity index (χ0v) is 16.4. The topological polar surface area (TPSA) is 53.8 Å². The fraction of sp³-hybridized carbons (Fsp3) is 0.476. The van der Waals surface area contributed by atoms with Gasteiger partial charge in [0.05, 0.1) is 13.2 Å². The third-order valence-corrected chi connectivity index (χ3v) is 5.08. The molecule has 0 amide bonds. The van der Waals surface area contributed by atoms with E-state index in [1.807, 2.05) is 25.2 Å². The zero-order chi connectivity index (χ0) is 18.9. The molecule has 1 aliphatic heterocycles. The molecule has 3 rings (SSSR count). The van der Waals surface area contributed by atoms with Gasteiger partial charge in [-0.15, -0.1) is 0 Å². The summed E-state index contributed by atoms with van der Waals surface area (Å²) in [7, 11) is 3.54. The SMILES string of the molecule is CN=C(NCCn1cccc1)NCC(c1cccc(OC)c1)N1CCCC1. The van der Waals surface area contributed by atoms with Crippen molar-refractivity contribution in [3.8, 4) is 5.75 Å². The Hall–Kier alpha value is -2.47. The summed E-state index contributed by atoms with van der Waals surface area (Å²) in [6, 6.07) is 12.8. The maximum Gasteiger partial charge on any atom is 0.191 e. The quantitative estimate of drug-likeness (QED) is 0.555. The number of ether oxygens (including phenoxy) is 1. The molecule has 6 heteroatoms. The number of nitrogens with one attached hydrogen (secondary N) is 2. The Morgan fingerprint density at radius 2 is 1.93 bits per heavy atom. The lowest BCUT2D eigenvalue weighted by molar-refractivity contribution is 0.245. The predicted molar refractivity (Wildman–Crippen MR) is 110 cm³/mol. The number of guanidine groups is 1. The van der Waals surface area contributed by atoms with Crippen molar-refractivity contribution >= 4 is 5.96 Å². The first-order valence-corrected chi connectivity index (χ1v) is 9.73. The van der Waals surface area contributed by atoms with Crippen LogP contribution in [0.2, 0.25) is 0 Å². The van der Waals surface area contributed by atoms with E-state index in [4.69, 9.17) is 4.74 Å². The molecule has 6 nitrogen and oxygen atoms in total. The maximum atomic E-state index is 5.43. The van der Waals surface area contributed by atoms with Crippen LogP contribution in [-0.4, -0.2) is 55.8 Å². The number of aliphatic imine (C=N–C) groups is 1. The van der Waals surface area contributed by atoms with Crippen molar-refractivity contribution in [3.05, 3.63) is 54.4 Å². The lowest BCUT2D eigenvalue weighted by atomic mass is 10.1. The number of methoxy groups -OCH3 is 1. The minimum atomic E-state index is 0.311. The molecule has 146 valence electrons. The number of hydrogen-bond acceptors (Lipinski definition) is 3. The standard InChI is InChI=1S/C21H31N5O/c1-22-21(23-10-15-25-11-3-4-12-25)24-17-20(26-13-5-6-14-26)18-8-7-9-19(16-18)27-2/h3-4,7-9,11-12,16,20H,5-6,10,13-15,17H2,1-2H3,(H2,22,23,24). The van der Waals surface area contributed by atoms with Gasteiger partial charge in [-0.1, -0.05) is 12.1 Å². The number of likely N-dealkylation sites (tertiary alicyclic amines) is 1. The summed E-state index contributed by atoms with van der Waals surface area (Å²) in [6.45, 7) is 4.85. The Morgan fingerprint density at radius 3 is 2.63 bits per heavy atom. The van der Waals surface area contributed by atoms with E-state index in [1.165, 1.54) is 18.4 Å². The molecule has 2 heterocycles. The van der Waals surface area contributed by atoms with Crippen LogP contribution in [0.25, 0.3) is 0 Å². The summed E-state index contributed by atoms with van der Waals surface area (Å²) in [6.07, 6.45) is 6.68. The van der Waals surface area contributed by atoms with Crippen molar-refractivity contribution in [2.45, 2.75) is 25.4 Å². The van der Waals surface area contributed by atoms with E-state index >= 15 is 0 Å². The monoisotopic (exact) mass is 369 g/mol. The molecule has 1 saturated heterocycles. The summed E-state index contributed by atoms with van der Waals surface area (Å²) < 4.78 is 7.58. The Bertz CT molecular complexity index is 707. The van der Waals surface area contributed by atoms with Gasteiger partial charge in [-0.3, -0.25) is 9.89 Å². The third-order valence-electron chi connectivity index (χ3n) is 5.08. The molecule has 1 fully saturated rings. The van der Waals surface area contributed by atoms with Gasteiger partial charge in [0.25, 0.3) is 0 Å². The first kappa shape index (κ1) is 19.3. The lowest BCUT2D eigenvalue weighted by Crippen LogP contribution is -2.43. The fourth-order valence-corrected chi connectivity index (χ4v) is 3.60. The van der Waals surface area contributed by atoms with E-state index in [0.717, 1.165) is 44.4 Å². The number of benzene rings is 1. The van der Waals surface area contributed by atoms with Crippen LogP contribution in [-0.2, 0) is 6.54 Å². The maximum absolute atomic E-state index is 5.43. The summed E-state index contributed by atoms with van der Waals surface area (Å²) in [5.41, 5.74) is 1.28. The van der Waals surface area contributed by atoms with Crippen molar-refractivity contribution in [1.82, 2.24) is 20.1 Å². The first-order valence-electron chi connectivity index (χ1n) is 9.73. The van der Waals surface area contributed by atoms with Crippen molar-refractivity contribution in [1.29, 1.82) is 0 Å². The van der Waals surface area contributed by atoms with E-state index in [-0.39, 0.29) is 0 Å². The highest BCUT2D eigenvalue weighted by atomic mass is 16.5. The number of hydrogen-bond donors (Lipinski definition) is 2. The third kappa shape index (κ3) is 5.50. The molecule has 0 bridgehead atoms. The van der Waals surface area contributed by atoms with Crippen LogP contribution in [0.15, 0.2) is 53.8 Å². The Balaban J connectivity index is 1.59. The van der Waals surface area contributed by atoms with Gasteiger partial charge in [0.2, 0.25) is 0 Å². The molecule has 0 radical (unpaired) electrons. The number of rotatable bonds is 8. The molecule has 1 unspecified atom stereocenters. The molecular formula is C21H31N5O. The van der Waals surface area contributed by atoms with Crippen molar-refractivity contribution in [2.75, 3.05) is 40.3 Å². The van der Waals surface area contributed by atoms with E-state index in [9.17, 15) is 0 Å². The second-order valence-electron chi connectivity index (χ2n) is 6.84. The van der Waals surface area contributed by atoms with Crippen LogP contribution in [0.5, 0.6) is 5.75 Å². The highest BCUT2D eigenvalue weighted by Crippen LogP contribution is 2.27. The Labute approximate surface area is 162 Å². The van der Waals surface area contributed by atoms with Crippen LogP contribution >= 0.6 is 0 Å². The molecule has 1 aliphatic rings. The molecular weight excluding hydrogens is 338 g/mol. The first-order chi connectivity index (χ1) is 13.3. The van der Waals surface area contributed by atoms with Gasteiger partial charge in [-0.05, 0) is 55.8 Å². The van der Waals surface area contributed by atoms with Gasteiger partial charge in [-0.2, -0.15) is 0 Å². The van der Waals surface area contributed by atoms with Crippen LogP contribution < -0.4 is 15.4 Å².